The van der Waals surface area contributed by atoms with Crippen LogP contribution in [0, 0.1) is 0 Å². The van der Waals surface area contributed by atoms with Gasteiger partial charge < -0.3 is 25.0 Å². The minimum Gasteiger partial charge on any atom is -0.481 e. The van der Waals surface area contributed by atoms with Crippen molar-refractivity contribution in [3.8, 4) is 5.88 Å². The highest BCUT2D eigenvalue weighted by Crippen LogP contribution is 2.29. The Hall–Kier alpha value is -3.31. The summed E-state index contributed by atoms with van der Waals surface area (Å²) < 4.78 is 42.0. The highest BCUT2D eigenvalue weighted by atomic mass is 19.4. The summed E-state index contributed by atoms with van der Waals surface area (Å²) in [4.78, 5) is 34.2. The number of halogens is 3. The monoisotopic (exact) mass is 427 g/mol. The number of amides is 2. The maximum absolute atomic E-state index is 12.3. The minimum absolute atomic E-state index is 0.251. The van der Waals surface area contributed by atoms with Gasteiger partial charge in [0.25, 0.3) is 0 Å². The Morgan fingerprint density at radius 1 is 1.37 bits per heavy atom. The Labute approximate surface area is 169 Å². The number of methoxy groups -OCH3 is 1. The molecule has 1 aliphatic rings. The van der Waals surface area contributed by atoms with Crippen LogP contribution in [0.2, 0.25) is 0 Å². The molecule has 30 heavy (non-hydrogen) atoms. The molecule has 1 saturated heterocycles. The molecule has 0 spiro atoms. The van der Waals surface area contributed by atoms with Crippen LogP contribution in [0.3, 0.4) is 0 Å². The molecule has 2 aromatic heterocycles. The third-order valence-electron chi connectivity index (χ3n) is 4.83. The predicted octanol–water partition coefficient (Wildman–Crippen LogP) is 1.88. The standard InChI is InChI=1S/C18H20F3N5O4/c1-30-14-3-2-12-15(24-14)13(4-6-22-12)25-8-5-11(10-25)26(17(28)29)9-7-23-16(27)18(19,20)21/h2-4,6,11H,5,7-10H2,1H3,(H,23,27)(H,28,29). The molecular weight excluding hydrogens is 407 g/mol. The number of hydrogen-bond donors (Lipinski definition) is 2. The molecule has 2 N–H and O–H groups in total. The van der Waals surface area contributed by atoms with Crippen molar-refractivity contribution < 1.29 is 32.6 Å². The molecule has 0 radical (unpaired) electrons. The SMILES string of the molecule is COc1ccc2nccc(N3CCC(N(CCNC(=O)C(F)(F)F)C(=O)O)C3)c2n1. The van der Waals surface area contributed by atoms with Gasteiger partial charge in [-0.25, -0.2) is 9.78 Å². The lowest BCUT2D eigenvalue weighted by Gasteiger charge is -2.27. The van der Waals surface area contributed by atoms with Gasteiger partial charge in [-0.15, -0.1) is 0 Å². The molecule has 1 fully saturated rings. The molecule has 3 heterocycles. The van der Waals surface area contributed by atoms with Gasteiger partial charge in [0.1, 0.15) is 5.52 Å². The lowest BCUT2D eigenvalue weighted by Crippen LogP contribution is -2.47. The zero-order valence-electron chi connectivity index (χ0n) is 16.0. The summed E-state index contributed by atoms with van der Waals surface area (Å²) in [5.74, 6) is -1.68. The Balaban J connectivity index is 1.71. The highest BCUT2D eigenvalue weighted by Gasteiger charge is 2.38. The molecule has 0 aliphatic carbocycles. The maximum atomic E-state index is 12.3. The lowest BCUT2D eigenvalue weighted by molar-refractivity contribution is -0.173. The van der Waals surface area contributed by atoms with E-state index in [4.69, 9.17) is 4.74 Å². The molecule has 2 aromatic rings. The van der Waals surface area contributed by atoms with Crippen molar-refractivity contribution in [3.63, 3.8) is 0 Å². The van der Waals surface area contributed by atoms with Crippen LogP contribution in [0.4, 0.5) is 23.7 Å². The van der Waals surface area contributed by atoms with Gasteiger partial charge in [-0.2, -0.15) is 13.2 Å². The number of nitrogens with one attached hydrogen (secondary N) is 1. The topological polar surface area (TPSA) is 108 Å². The molecule has 1 atom stereocenters. The summed E-state index contributed by atoms with van der Waals surface area (Å²) in [5, 5.41) is 11.2. The van der Waals surface area contributed by atoms with E-state index in [0.29, 0.717) is 36.4 Å². The first-order valence-corrected chi connectivity index (χ1v) is 9.10. The molecule has 9 nitrogen and oxygen atoms in total. The molecular formula is C18H20F3N5O4. The average Bonchev–Trinajstić information content (AvgIpc) is 3.18. The van der Waals surface area contributed by atoms with Crippen molar-refractivity contribution in [3.05, 3.63) is 24.4 Å². The van der Waals surface area contributed by atoms with Gasteiger partial charge in [0, 0.05) is 38.4 Å². The number of carbonyl (C=O) groups excluding carboxylic acids is 1. The summed E-state index contributed by atoms with van der Waals surface area (Å²) in [7, 11) is 1.50. The number of pyridine rings is 2. The number of hydrogen-bond acceptors (Lipinski definition) is 6. The molecule has 0 bridgehead atoms. The van der Waals surface area contributed by atoms with Gasteiger partial charge in [-0.1, -0.05) is 0 Å². The smallest absolute Gasteiger partial charge is 0.471 e. The number of alkyl halides is 3. The zero-order valence-corrected chi connectivity index (χ0v) is 16.0. The number of nitrogens with zero attached hydrogens (tertiary/aromatic N) is 4. The van der Waals surface area contributed by atoms with E-state index in [0.717, 1.165) is 10.6 Å². The van der Waals surface area contributed by atoms with Crippen LogP contribution in [0.25, 0.3) is 11.0 Å². The Kier molecular flexibility index (Phi) is 6.13. The van der Waals surface area contributed by atoms with Crippen molar-refractivity contribution in [1.82, 2.24) is 20.2 Å². The van der Waals surface area contributed by atoms with Gasteiger partial charge in [0.05, 0.1) is 24.4 Å². The predicted molar refractivity (Wildman–Crippen MR) is 101 cm³/mol. The fourth-order valence-corrected chi connectivity index (χ4v) is 3.40. The van der Waals surface area contributed by atoms with Crippen molar-refractivity contribution >= 4 is 28.7 Å². The summed E-state index contributed by atoms with van der Waals surface area (Å²) in [6.45, 7) is 0.176. The van der Waals surface area contributed by atoms with Crippen LogP contribution in [0.15, 0.2) is 24.4 Å². The Morgan fingerprint density at radius 3 is 2.80 bits per heavy atom. The quantitative estimate of drug-likeness (QED) is 0.725. The van der Waals surface area contributed by atoms with E-state index in [2.05, 4.69) is 9.97 Å². The van der Waals surface area contributed by atoms with Crippen LogP contribution in [0.1, 0.15) is 6.42 Å². The van der Waals surface area contributed by atoms with Gasteiger partial charge >= 0.3 is 18.2 Å². The summed E-state index contributed by atoms with van der Waals surface area (Å²) in [5.41, 5.74) is 2.02. The molecule has 0 aromatic carbocycles. The molecule has 2 amide bonds. The molecule has 1 aliphatic heterocycles. The lowest BCUT2D eigenvalue weighted by atomic mass is 10.2. The van der Waals surface area contributed by atoms with E-state index in [-0.39, 0.29) is 6.54 Å². The number of anilines is 1. The number of ether oxygens (including phenoxy) is 1. The Bertz CT molecular complexity index is 940. The Morgan fingerprint density at radius 2 is 2.13 bits per heavy atom. The highest BCUT2D eigenvalue weighted by molar-refractivity contribution is 5.88. The van der Waals surface area contributed by atoms with E-state index in [1.54, 1.807) is 29.7 Å². The number of aromatic nitrogens is 2. The van der Waals surface area contributed by atoms with Crippen molar-refractivity contribution in [2.45, 2.75) is 18.6 Å². The second-order valence-corrected chi connectivity index (χ2v) is 6.67. The fraction of sp³-hybridized carbons (Fsp3) is 0.444. The van der Waals surface area contributed by atoms with E-state index in [9.17, 15) is 27.9 Å². The first-order chi connectivity index (χ1) is 14.2. The molecule has 12 heteroatoms. The van der Waals surface area contributed by atoms with E-state index in [1.165, 1.54) is 7.11 Å². The van der Waals surface area contributed by atoms with E-state index in [1.807, 2.05) is 4.90 Å². The van der Waals surface area contributed by atoms with Crippen molar-refractivity contribution in [1.29, 1.82) is 0 Å². The number of carboxylic acid groups (broad SMARTS) is 1. The van der Waals surface area contributed by atoms with Crippen LogP contribution >= 0.6 is 0 Å². The van der Waals surface area contributed by atoms with Gasteiger partial charge in [0.15, 0.2) is 0 Å². The number of carbonyl (C=O) groups is 2. The molecule has 3 rings (SSSR count). The first-order valence-electron chi connectivity index (χ1n) is 9.10. The summed E-state index contributed by atoms with van der Waals surface area (Å²) >= 11 is 0. The number of fused-ring (bicyclic) bond motifs is 1. The van der Waals surface area contributed by atoms with Gasteiger partial charge in [-0.3, -0.25) is 9.78 Å². The zero-order chi connectivity index (χ0) is 21.9. The molecule has 0 saturated carbocycles. The molecule has 1 unspecified atom stereocenters. The largest absolute Gasteiger partial charge is 0.481 e. The van der Waals surface area contributed by atoms with E-state index < -0.39 is 30.8 Å². The second-order valence-electron chi connectivity index (χ2n) is 6.67. The average molecular weight is 427 g/mol. The maximum Gasteiger partial charge on any atom is 0.471 e. The second kappa shape index (κ2) is 8.59. The summed E-state index contributed by atoms with van der Waals surface area (Å²) in [6.07, 6.45) is -4.16. The summed E-state index contributed by atoms with van der Waals surface area (Å²) in [6, 6.07) is 4.78. The fourth-order valence-electron chi connectivity index (χ4n) is 3.40. The van der Waals surface area contributed by atoms with Crippen LogP contribution < -0.4 is 15.0 Å². The normalized spacial score (nSPS) is 16.5. The third-order valence-corrected chi connectivity index (χ3v) is 4.83. The number of rotatable bonds is 6. The van der Waals surface area contributed by atoms with Gasteiger partial charge in [-0.05, 0) is 18.6 Å². The van der Waals surface area contributed by atoms with Crippen LogP contribution in [-0.4, -0.2) is 77.5 Å². The third kappa shape index (κ3) is 4.63. The van der Waals surface area contributed by atoms with Crippen molar-refractivity contribution in [2.75, 3.05) is 38.2 Å². The van der Waals surface area contributed by atoms with Crippen molar-refractivity contribution in [2.24, 2.45) is 0 Å². The van der Waals surface area contributed by atoms with Crippen LogP contribution in [-0.2, 0) is 4.79 Å². The minimum atomic E-state index is -5.01. The molecule has 162 valence electrons. The van der Waals surface area contributed by atoms with E-state index >= 15 is 0 Å². The van der Waals surface area contributed by atoms with Crippen LogP contribution in [0.5, 0.6) is 5.88 Å². The van der Waals surface area contributed by atoms with Gasteiger partial charge in [0.2, 0.25) is 5.88 Å². The first kappa shape index (κ1) is 21.4.